The van der Waals surface area contributed by atoms with Crippen molar-refractivity contribution in [3.63, 3.8) is 0 Å². The predicted molar refractivity (Wildman–Crippen MR) is 83.5 cm³/mol. The number of ether oxygens (including phenoxy) is 2. The second kappa shape index (κ2) is 6.25. The van der Waals surface area contributed by atoms with E-state index in [2.05, 4.69) is 19.2 Å². The Kier molecular flexibility index (Phi) is 4.63. The first-order chi connectivity index (χ1) is 9.55. The molecule has 2 rings (SSSR count). The lowest BCUT2D eigenvalue weighted by Crippen LogP contribution is -2.30. The molecule has 1 fully saturated rings. The van der Waals surface area contributed by atoms with Gasteiger partial charge >= 0.3 is 0 Å². The molecule has 1 aromatic carbocycles. The maximum Gasteiger partial charge on any atom is 0.162 e. The molecule has 0 aromatic heterocycles. The Morgan fingerprint density at radius 2 is 1.70 bits per heavy atom. The Labute approximate surface area is 121 Å². The van der Waals surface area contributed by atoms with Crippen LogP contribution in [-0.2, 0) is 0 Å². The van der Waals surface area contributed by atoms with Crippen LogP contribution in [0.5, 0.6) is 11.5 Å². The number of rotatable bonds is 4. The number of nitrogen functional groups attached to an aromatic ring is 1. The molecule has 1 saturated carbocycles. The zero-order valence-electron chi connectivity index (χ0n) is 12.9. The highest BCUT2D eigenvalue weighted by molar-refractivity contribution is 5.72. The fraction of sp³-hybridized carbons (Fsp3) is 0.625. The van der Waals surface area contributed by atoms with E-state index in [1.165, 1.54) is 19.3 Å². The van der Waals surface area contributed by atoms with Crippen LogP contribution in [0.4, 0.5) is 11.4 Å². The van der Waals surface area contributed by atoms with Crippen molar-refractivity contribution in [2.75, 3.05) is 25.3 Å². The Balaban J connectivity index is 2.13. The molecular formula is C16H26N2O2. The standard InChI is InChI=1S/C16H26N2O2/c1-10-5-6-12(7-11(10)2)18-14-9-16(20-4)15(19-3)8-13(14)17/h8-12,18H,5-7,17H2,1-4H3. The fourth-order valence-electron chi connectivity index (χ4n) is 2.92. The Bertz CT molecular complexity index is 462. The van der Waals surface area contributed by atoms with Crippen molar-refractivity contribution in [3.8, 4) is 11.5 Å². The quantitative estimate of drug-likeness (QED) is 0.827. The van der Waals surface area contributed by atoms with E-state index in [9.17, 15) is 0 Å². The highest BCUT2D eigenvalue weighted by Crippen LogP contribution is 2.37. The minimum atomic E-state index is 0.488. The third-order valence-electron chi connectivity index (χ3n) is 4.51. The summed E-state index contributed by atoms with van der Waals surface area (Å²) in [6, 6.07) is 4.23. The van der Waals surface area contributed by atoms with Gasteiger partial charge in [0.25, 0.3) is 0 Å². The van der Waals surface area contributed by atoms with E-state index < -0.39 is 0 Å². The monoisotopic (exact) mass is 278 g/mol. The van der Waals surface area contributed by atoms with Gasteiger partial charge in [0.1, 0.15) is 0 Å². The number of benzene rings is 1. The Hall–Kier alpha value is -1.58. The average Bonchev–Trinajstić information content (AvgIpc) is 2.44. The third-order valence-corrected chi connectivity index (χ3v) is 4.51. The second-order valence-electron chi connectivity index (χ2n) is 5.90. The van der Waals surface area contributed by atoms with E-state index >= 15 is 0 Å². The molecule has 3 unspecified atom stereocenters. The predicted octanol–water partition coefficient (Wildman–Crippen LogP) is 3.52. The maximum absolute atomic E-state index is 6.10. The van der Waals surface area contributed by atoms with Crippen molar-refractivity contribution in [2.24, 2.45) is 11.8 Å². The number of hydrogen-bond donors (Lipinski definition) is 2. The molecule has 20 heavy (non-hydrogen) atoms. The van der Waals surface area contributed by atoms with Gasteiger partial charge < -0.3 is 20.5 Å². The number of hydrogen-bond acceptors (Lipinski definition) is 4. The van der Waals surface area contributed by atoms with Crippen LogP contribution in [0.15, 0.2) is 12.1 Å². The molecule has 4 heteroatoms. The molecule has 1 aliphatic carbocycles. The van der Waals surface area contributed by atoms with Gasteiger partial charge in [-0.2, -0.15) is 0 Å². The first kappa shape index (κ1) is 14.8. The van der Waals surface area contributed by atoms with Gasteiger partial charge in [-0.1, -0.05) is 13.8 Å². The summed E-state index contributed by atoms with van der Waals surface area (Å²) in [5.74, 6) is 2.95. The zero-order valence-corrected chi connectivity index (χ0v) is 12.9. The Morgan fingerprint density at radius 3 is 2.30 bits per heavy atom. The van der Waals surface area contributed by atoms with E-state index in [1.807, 2.05) is 12.1 Å². The third kappa shape index (κ3) is 3.11. The van der Waals surface area contributed by atoms with Gasteiger partial charge in [-0.15, -0.1) is 0 Å². The SMILES string of the molecule is COc1cc(N)c(NC2CCC(C)C(C)C2)cc1OC. The van der Waals surface area contributed by atoms with Gasteiger partial charge in [0, 0.05) is 18.2 Å². The highest BCUT2D eigenvalue weighted by Gasteiger charge is 2.25. The smallest absolute Gasteiger partial charge is 0.162 e. The number of nitrogens with two attached hydrogens (primary N) is 1. The summed E-state index contributed by atoms with van der Waals surface area (Å²) in [4.78, 5) is 0. The average molecular weight is 278 g/mol. The first-order valence-electron chi connectivity index (χ1n) is 7.33. The van der Waals surface area contributed by atoms with E-state index in [4.69, 9.17) is 15.2 Å². The van der Waals surface area contributed by atoms with Crippen LogP contribution in [0.3, 0.4) is 0 Å². The molecule has 1 aliphatic rings. The summed E-state index contributed by atoms with van der Waals surface area (Å²) in [5.41, 5.74) is 7.74. The minimum absolute atomic E-state index is 0.488. The van der Waals surface area contributed by atoms with Crippen LogP contribution in [0.25, 0.3) is 0 Å². The lowest BCUT2D eigenvalue weighted by molar-refractivity contribution is 0.261. The lowest BCUT2D eigenvalue weighted by Gasteiger charge is -2.33. The zero-order chi connectivity index (χ0) is 14.7. The molecule has 0 saturated heterocycles. The molecule has 0 spiro atoms. The Morgan fingerprint density at radius 1 is 1.05 bits per heavy atom. The number of anilines is 2. The van der Waals surface area contributed by atoms with Crippen molar-refractivity contribution in [1.82, 2.24) is 0 Å². The molecular weight excluding hydrogens is 252 g/mol. The van der Waals surface area contributed by atoms with E-state index in [-0.39, 0.29) is 0 Å². The van der Waals surface area contributed by atoms with Crippen LogP contribution in [0, 0.1) is 11.8 Å². The van der Waals surface area contributed by atoms with Gasteiger partial charge in [-0.05, 0) is 31.1 Å². The largest absolute Gasteiger partial charge is 0.493 e. The molecule has 112 valence electrons. The van der Waals surface area contributed by atoms with Gasteiger partial charge in [0.2, 0.25) is 0 Å². The van der Waals surface area contributed by atoms with E-state index in [0.717, 1.165) is 17.5 Å². The van der Waals surface area contributed by atoms with Gasteiger partial charge in [0.15, 0.2) is 11.5 Å². The van der Waals surface area contributed by atoms with E-state index in [1.54, 1.807) is 14.2 Å². The molecule has 3 N–H and O–H groups in total. The summed E-state index contributed by atoms with van der Waals surface area (Å²) < 4.78 is 10.6. The maximum atomic E-state index is 6.10. The molecule has 4 nitrogen and oxygen atoms in total. The van der Waals surface area contributed by atoms with Crippen LogP contribution in [-0.4, -0.2) is 20.3 Å². The van der Waals surface area contributed by atoms with Crippen molar-refractivity contribution >= 4 is 11.4 Å². The molecule has 1 aromatic rings. The molecule has 0 bridgehead atoms. The first-order valence-corrected chi connectivity index (χ1v) is 7.33. The lowest BCUT2D eigenvalue weighted by atomic mass is 9.79. The molecule has 3 atom stereocenters. The van der Waals surface area contributed by atoms with Crippen LogP contribution in [0.1, 0.15) is 33.1 Å². The fourth-order valence-corrected chi connectivity index (χ4v) is 2.92. The van der Waals surface area contributed by atoms with Gasteiger partial charge in [-0.25, -0.2) is 0 Å². The summed E-state index contributed by atoms with van der Waals surface area (Å²) in [6.45, 7) is 4.67. The van der Waals surface area contributed by atoms with Crippen molar-refractivity contribution < 1.29 is 9.47 Å². The topological polar surface area (TPSA) is 56.5 Å². The molecule has 0 amide bonds. The number of nitrogens with one attached hydrogen (secondary N) is 1. The van der Waals surface area contributed by atoms with Gasteiger partial charge in [-0.3, -0.25) is 0 Å². The molecule has 0 aliphatic heterocycles. The second-order valence-corrected chi connectivity index (χ2v) is 5.90. The van der Waals surface area contributed by atoms with Crippen molar-refractivity contribution in [1.29, 1.82) is 0 Å². The minimum Gasteiger partial charge on any atom is -0.493 e. The van der Waals surface area contributed by atoms with Gasteiger partial charge in [0.05, 0.1) is 25.6 Å². The van der Waals surface area contributed by atoms with Crippen LogP contribution < -0.4 is 20.5 Å². The number of methoxy groups -OCH3 is 2. The summed E-state index contributed by atoms with van der Waals surface area (Å²) in [7, 11) is 3.26. The van der Waals surface area contributed by atoms with Crippen LogP contribution >= 0.6 is 0 Å². The van der Waals surface area contributed by atoms with Crippen molar-refractivity contribution in [2.45, 2.75) is 39.2 Å². The summed E-state index contributed by atoms with van der Waals surface area (Å²) in [5, 5.41) is 3.57. The molecule has 0 heterocycles. The van der Waals surface area contributed by atoms with Crippen molar-refractivity contribution in [3.05, 3.63) is 12.1 Å². The normalized spacial score (nSPS) is 26.1. The summed E-state index contributed by atoms with van der Waals surface area (Å²) >= 11 is 0. The summed E-state index contributed by atoms with van der Waals surface area (Å²) in [6.07, 6.45) is 3.65. The molecule has 0 radical (unpaired) electrons. The van der Waals surface area contributed by atoms with E-state index in [0.29, 0.717) is 23.2 Å². The van der Waals surface area contributed by atoms with Crippen LogP contribution in [0.2, 0.25) is 0 Å². The highest BCUT2D eigenvalue weighted by atomic mass is 16.5.